The van der Waals surface area contributed by atoms with Crippen molar-refractivity contribution in [2.45, 2.75) is 30.9 Å². The smallest absolute Gasteiger partial charge is 0.289 e. The van der Waals surface area contributed by atoms with Crippen molar-refractivity contribution in [3.05, 3.63) is 17.9 Å². The van der Waals surface area contributed by atoms with Crippen molar-refractivity contribution in [2.24, 2.45) is 11.7 Å². The maximum Gasteiger partial charge on any atom is 0.289 e. The van der Waals surface area contributed by atoms with Crippen molar-refractivity contribution in [1.29, 1.82) is 0 Å². The van der Waals surface area contributed by atoms with Gasteiger partial charge >= 0.3 is 0 Å². The van der Waals surface area contributed by atoms with Gasteiger partial charge in [-0.15, -0.1) is 0 Å². The predicted molar refractivity (Wildman–Crippen MR) is 77.2 cm³/mol. The first kappa shape index (κ1) is 16.0. The molecule has 8 heteroatoms. The van der Waals surface area contributed by atoms with E-state index in [-0.39, 0.29) is 28.7 Å². The third-order valence-corrected chi connectivity index (χ3v) is 5.10. The van der Waals surface area contributed by atoms with E-state index in [1.165, 1.54) is 19.2 Å². The van der Waals surface area contributed by atoms with Crippen LogP contribution in [-0.2, 0) is 10.0 Å². The summed E-state index contributed by atoms with van der Waals surface area (Å²) in [6.07, 6.45) is 1.89. The van der Waals surface area contributed by atoms with E-state index in [2.05, 4.69) is 4.72 Å². The van der Waals surface area contributed by atoms with Crippen LogP contribution < -0.4 is 10.5 Å². The molecule has 3 N–H and O–H groups in total. The first-order valence-corrected chi connectivity index (χ1v) is 8.41. The number of furan rings is 1. The summed E-state index contributed by atoms with van der Waals surface area (Å²) in [5.74, 6) is 0.00484. The molecular weight excluding hydrogens is 294 g/mol. The molecule has 0 bridgehead atoms. The maximum atomic E-state index is 12.4. The van der Waals surface area contributed by atoms with E-state index in [1.807, 2.05) is 6.92 Å². The lowest BCUT2D eigenvalue weighted by Gasteiger charge is -2.34. The van der Waals surface area contributed by atoms with Crippen molar-refractivity contribution in [1.82, 2.24) is 9.62 Å². The van der Waals surface area contributed by atoms with Gasteiger partial charge in [0.1, 0.15) is 0 Å². The molecule has 1 fully saturated rings. The number of nitrogens with two attached hydrogens (primary N) is 1. The largest absolute Gasteiger partial charge is 0.438 e. The number of rotatable bonds is 4. The number of carbonyl (C=O) groups excluding carboxylic acids is 1. The van der Waals surface area contributed by atoms with Crippen molar-refractivity contribution < 1.29 is 17.6 Å². The highest BCUT2D eigenvalue weighted by atomic mass is 32.2. The van der Waals surface area contributed by atoms with Crippen molar-refractivity contribution in [3.8, 4) is 0 Å². The number of piperidine rings is 1. The zero-order valence-corrected chi connectivity index (χ0v) is 13.0. The molecule has 0 aliphatic carbocycles. The van der Waals surface area contributed by atoms with Gasteiger partial charge in [0, 0.05) is 19.1 Å². The van der Waals surface area contributed by atoms with Crippen LogP contribution in [-0.4, -0.2) is 45.4 Å². The van der Waals surface area contributed by atoms with E-state index in [1.54, 1.807) is 4.90 Å². The topological polar surface area (TPSA) is 106 Å². The Morgan fingerprint density at radius 2 is 2.24 bits per heavy atom. The Morgan fingerprint density at radius 1 is 1.52 bits per heavy atom. The minimum absolute atomic E-state index is 0.0254. The van der Waals surface area contributed by atoms with Gasteiger partial charge in [0.05, 0.1) is 0 Å². The molecule has 1 aliphatic rings. The normalized spacial score (nSPS) is 21.3. The lowest BCUT2D eigenvalue weighted by atomic mass is 9.92. The molecule has 0 aromatic carbocycles. The molecule has 7 nitrogen and oxygen atoms in total. The molecule has 1 saturated heterocycles. The molecular formula is C13H21N3O4S. The molecule has 0 spiro atoms. The highest BCUT2D eigenvalue weighted by Crippen LogP contribution is 2.22. The Morgan fingerprint density at radius 3 is 2.86 bits per heavy atom. The summed E-state index contributed by atoms with van der Waals surface area (Å²) in [5, 5.41) is -0.255. The highest BCUT2D eigenvalue weighted by molar-refractivity contribution is 7.89. The Kier molecular flexibility index (Phi) is 4.70. The maximum absolute atomic E-state index is 12.4. The number of nitrogens with zero attached hydrogens (tertiary/aromatic N) is 1. The summed E-state index contributed by atoms with van der Waals surface area (Å²) in [5.41, 5.74) is 5.90. The van der Waals surface area contributed by atoms with Crippen molar-refractivity contribution in [2.75, 3.05) is 20.1 Å². The van der Waals surface area contributed by atoms with Crippen molar-refractivity contribution >= 4 is 15.9 Å². The molecule has 0 unspecified atom stereocenters. The molecule has 0 radical (unpaired) electrons. The van der Waals surface area contributed by atoms with Crippen LogP contribution >= 0.6 is 0 Å². The van der Waals surface area contributed by atoms with Gasteiger partial charge in [0.25, 0.3) is 15.9 Å². The Hall–Kier alpha value is -1.38. The molecule has 2 heterocycles. The van der Waals surface area contributed by atoms with Crippen LogP contribution in [0, 0.1) is 5.92 Å². The molecule has 2 atom stereocenters. The lowest BCUT2D eigenvalue weighted by molar-refractivity contribution is 0.0623. The molecule has 1 aromatic rings. The fourth-order valence-electron chi connectivity index (χ4n) is 2.46. The minimum Gasteiger partial charge on any atom is -0.438 e. The first-order chi connectivity index (χ1) is 9.85. The summed E-state index contributed by atoms with van der Waals surface area (Å²) >= 11 is 0. The summed E-state index contributed by atoms with van der Waals surface area (Å²) in [7, 11) is -2.38. The van der Waals surface area contributed by atoms with Gasteiger partial charge in [0.15, 0.2) is 5.76 Å². The van der Waals surface area contributed by atoms with Gasteiger partial charge in [0.2, 0.25) is 5.09 Å². The average Bonchev–Trinajstić information content (AvgIpc) is 2.97. The van der Waals surface area contributed by atoms with Crippen LogP contribution in [0.25, 0.3) is 0 Å². The number of hydrogen-bond acceptors (Lipinski definition) is 5. The van der Waals surface area contributed by atoms with E-state index >= 15 is 0 Å². The number of amides is 1. The second kappa shape index (κ2) is 6.17. The number of carbonyl (C=O) groups is 1. The van der Waals surface area contributed by atoms with Gasteiger partial charge in [-0.25, -0.2) is 13.1 Å². The second-order valence-electron chi connectivity index (χ2n) is 5.34. The Balaban J connectivity index is 2.13. The van der Waals surface area contributed by atoms with Gasteiger partial charge in [-0.05, 0) is 44.9 Å². The number of nitrogens with one attached hydrogen (secondary N) is 1. The lowest BCUT2D eigenvalue weighted by Crippen LogP contribution is -2.44. The fourth-order valence-corrected chi connectivity index (χ4v) is 3.11. The third kappa shape index (κ3) is 3.45. The molecule has 1 amide bonds. The van der Waals surface area contributed by atoms with Gasteiger partial charge in [-0.3, -0.25) is 4.79 Å². The van der Waals surface area contributed by atoms with Gasteiger partial charge in [-0.1, -0.05) is 0 Å². The highest BCUT2D eigenvalue weighted by Gasteiger charge is 2.29. The molecule has 21 heavy (non-hydrogen) atoms. The van der Waals surface area contributed by atoms with Crippen LogP contribution in [0.3, 0.4) is 0 Å². The molecule has 0 saturated carbocycles. The quantitative estimate of drug-likeness (QED) is 0.836. The zero-order chi connectivity index (χ0) is 15.6. The van der Waals surface area contributed by atoms with Crippen LogP contribution in [0.1, 0.15) is 30.3 Å². The number of likely N-dealkylation sites (tertiary alicyclic amines) is 1. The predicted octanol–water partition coefficient (Wildman–Crippen LogP) is 0.387. The zero-order valence-electron chi connectivity index (χ0n) is 12.2. The summed E-state index contributed by atoms with van der Waals surface area (Å²) in [4.78, 5) is 14.0. The Bertz CT molecular complexity index is 609. The first-order valence-electron chi connectivity index (χ1n) is 6.93. The number of hydrogen-bond donors (Lipinski definition) is 2. The van der Waals surface area contributed by atoms with Crippen LogP contribution in [0.2, 0.25) is 0 Å². The van der Waals surface area contributed by atoms with Crippen LogP contribution in [0.4, 0.5) is 0 Å². The second-order valence-corrected chi connectivity index (χ2v) is 7.16. The SMILES string of the molecule is CNS(=O)(=O)c1ccc(C(=O)N2CCC[C@H]([C@H](C)N)C2)o1. The van der Waals surface area contributed by atoms with Crippen LogP contribution in [0.5, 0.6) is 0 Å². The average molecular weight is 315 g/mol. The summed E-state index contributed by atoms with van der Waals surface area (Å²) < 4.78 is 30.5. The van der Waals surface area contributed by atoms with E-state index in [4.69, 9.17) is 10.2 Å². The minimum atomic E-state index is -3.67. The van der Waals surface area contributed by atoms with Gasteiger partial charge in [-0.2, -0.15) is 0 Å². The van der Waals surface area contributed by atoms with E-state index in [0.717, 1.165) is 12.8 Å². The molecule has 118 valence electrons. The number of sulfonamides is 1. The monoisotopic (exact) mass is 315 g/mol. The van der Waals surface area contributed by atoms with Crippen LogP contribution in [0.15, 0.2) is 21.6 Å². The summed E-state index contributed by atoms with van der Waals surface area (Å²) in [6, 6.07) is 2.70. The fraction of sp³-hybridized carbons (Fsp3) is 0.615. The Labute approximate surface area is 124 Å². The van der Waals surface area contributed by atoms with E-state index in [9.17, 15) is 13.2 Å². The van der Waals surface area contributed by atoms with E-state index in [0.29, 0.717) is 13.1 Å². The van der Waals surface area contributed by atoms with E-state index < -0.39 is 10.0 Å². The van der Waals surface area contributed by atoms with Gasteiger partial charge < -0.3 is 15.1 Å². The summed E-state index contributed by atoms with van der Waals surface area (Å²) in [6.45, 7) is 3.14. The molecule has 1 aromatic heterocycles. The third-order valence-electron chi connectivity index (χ3n) is 3.81. The standard InChI is InChI=1S/C13H21N3O4S/c1-9(14)10-4-3-7-16(8-10)13(17)11-5-6-12(20-11)21(18,19)15-2/h5-6,9-10,15H,3-4,7-8,14H2,1-2H3/t9-,10-/m0/s1. The van der Waals surface area contributed by atoms with Crippen molar-refractivity contribution in [3.63, 3.8) is 0 Å². The molecule has 1 aliphatic heterocycles. The molecule has 2 rings (SSSR count).